The third-order valence-electron chi connectivity index (χ3n) is 13.3. The molecule has 0 saturated carbocycles. The summed E-state index contributed by atoms with van der Waals surface area (Å²) in [5.41, 5.74) is 18.9. The highest BCUT2D eigenvalue weighted by molar-refractivity contribution is 7.48. The molecular weight excluding hydrogens is 1240 g/mol. The van der Waals surface area contributed by atoms with Crippen LogP contribution in [0, 0.1) is 0 Å². The average Bonchev–Trinajstić information content (AvgIpc) is 2.13. The van der Waals surface area contributed by atoms with E-state index in [0.717, 1.165) is 28.0 Å². The van der Waals surface area contributed by atoms with Crippen molar-refractivity contribution in [2.45, 2.75) is 99.4 Å². The first kappa shape index (κ1) is 62.6. The van der Waals surface area contributed by atoms with Gasteiger partial charge in [0.2, 0.25) is 11.9 Å². The number of phosphoric ester groups is 4. The number of aldehydes is 1. The number of anilines is 4. The molecule has 0 aliphatic carbocycles. The van der Waals surface area contributed by atoms with Crippen molar-refractivity contribution in [2.75, 3.05) is 56.0 Å². The number of ether oxygens (including phenoxy) is 4. The Bertz CT molecular complexity index is 3960. The van der Waals surface area contributed by atoms with Gasteiger partial charge >= 0.3 is 42.7 Å². The lowest BCUT2D eigenvalue weighted by Crippen LogP contribution is -2.32. The second-order valence-corrected chi connectivity index (χ2v) is 24.7. The molecular formula is C40H52N16O26P4. The van der Waals surface area contributed by atoms with Gasteiger partial charge in [0.15, 0.2) is 22.3 Å². The molecule has 4 fully saturated rings. The summed E-state index contributed by atoms with van der Waals surface area (Å²) in [6, 6.07) is 2.50. The van der Waals surface area contributed by atoms with Crippen LogP contribution in [0.1, 0.15) is 50.6 Å². The number of H-pyrrole nitrogens is 2. The summed E-state index contributed by atoms with van der Waals surface area (Å²) in [4.78, 5) is 134. The molecule has 6 aromatic heterocycles. The minimum atomic E-state index is -5.47. The van der Waals surface area contributed by atoms with E-state index < -0.39 is 173 Å². The molecule has 10 heterocycles. The Kier molecular flexibility index (Phi) is 18.2. The molecule has 4 saturated heterocycles. The topological polar surface area (TPSA) is 598 Å². The zero-order valence-corrected chi connectivity index (χ0v) is 47.3. The van der Waals surface area contributed by atoms with Crippen molar-refractivity contribution in [2.24, 2.45) is 0 Å². The number of fused-ring (bicyclic) bond motifs is 2. The maximum absolute atomic E-state index is 14.0. The van der Waals surface area contributed by atoms with E-state index in [9.17, 15) is 66.9 Å². The van der Waals surface area contributed by atoms with Gasteiger partial charge in [0.05, 0.1) is 39.1 Å². The summed E-state index contributed by atoms with van der Waals surface area (Å²) < 4.78 is 125. The van der Waals surface area contributed by atoms with Crippen LogP contribution in [0.4, 0.5) is 23.5 Å². The summed E-state index contributed by atoms with van der Waals surface area (Å²) in [7, 11) is -21.2. The Balaban J connectivity index is 0.848. The Morgan fingerprint density at radius 3 is 1.22 bits per heavy atom. The number of hydrogen-bond acceptors (Lipinski definition) is 32. The number of imidazole rings is 2. The van der Waals surface area contributed by atoms with E-state index >= 15 is 0 Å². The van der Waals surface area contributed by atoms with E-state index in [-0.39, 0.29) is 65.0 Å². The van der Waals surface area contributed by atoms with Crippen LogP contribution in [0.3, 0.4) is 0 Å². The number of aliphatic hydroxyl groups is 1. The number of rotatable bonds is 25. The zero-order chi connectivity index (χ0) is 61.6. The second-order valence-electron chi connectivity index (χ2n) is 19.1. The van der Waals surface area contributed by atoms with Crippen LogP contribution in [0.2, 0.25) is 0 Å². The van der Waals surface area contributed by atoms with Gasteiger partial charge in [0.25, 0.3) is 11.1 Å². The molecule has 0 radical (unpaired) electrons. The number of aromatic nitrogens is 12. The fraction of sp³-hybridized carbons (Fsp3) is 0.525. The Hall–Kier alpha value is -6.43. The Labute approximate surface area is 477 Å². The molecule has 86 heavy (non-hydrogen) atoms. The molecule has 0 bridgehead atoms. The highest BCUT2D eigenvalue weighted by atomic mass is 31.2. The highest BCUT2D eigenvalue weighted by Gasteiger charge is 2.49. The molecule has 15 N–H and O–H groups in total. The van der Waals surface area contributed by atoms with E-state index in [4.69, 9.17) is 73.5 Å². The van der Waals surface area contributed by atoms with Crippen LogP contribution in [0.15, 0.2) is 56.4 Å². The van der Waals surface area contributed by atoms with Crippen LogP contribution < -0.4 is 45.4 Å². The van der Waals surface area contributed by atoms with E-state index in [1.807, 2.05) is 0 Å². The first-order chi connectivity index (χ1) is 40.7. The fourth-order valence-electron chi connectivity index (χ4n) is 9.57. The normalized spacial score (nSPS) is 28.8. The maximum atomic E-state index is 14.0. The summed E-state index contributed by atoms with van der Waals surface area (Å²) in [5.74, 6) is -0.945. The molecule has 468 valence electrons. The molecule has 6 aromatic rings. The number of carbonyl (C=O) groups excluding carboxylic acids is 1. The highest BCUT2D eigenvalue weighted by Crippen LogP contribution is 2.55. The van der Waals surface area contributed by atoms with E-state index in [1.165, 1.54) is 27.5 Å². The fourth-order valence-corrected chi connectivity index (χ4v) is 13.3. The summed E-state index contributed by atoms with van der Waals surface area (Å²) in [6.45, 7) is -4.61. The molecule has 4 aliphatic rings. The molecule has 42 nitrogen and oxygen atoms in total. The van der Waals surface area contributed by atoms with Crippen molar-refractivity contribution in [3.05, 3.63) is 78.9 Å². The SMILES string of the molecule is Nc1ccn([C@H]2C[C@H](OP(=O)(O)OC[C@H]3O[C@@H](n4cnc5c(=O)[nH]c(N)nc54)C[C@@H]3OP(=O)(O)OC[C@H]3O[C@@H](n4ccc(N)nc4=O)C[C@@H]3OP(=O)(O)OC[C@H]3O[C@@H](n4cnc5c(=O)[nH]c(N)nc54)C[C@@H]3OP(=O)(O)OCC=O)[C@@H](CO)O2)c(=O)n1. The lowest BCUT2D eigenvalue weighted by molar-refractivity contribution is -0.110. The molecule has 0 amide bonds. The van der Waals surface area contributed by atoms with Gasteiger partial charge in [-0.1, -0.05) is 0 Å². The van der Waals surface area contributed by atoms with Gasteiger partial charge in [-0.3, -0.25) is 74.0 Å². The predicted octanol–water partition coefficient (Wildman–Crippen LogP) is -2.55. The monoisotopic (exact) mass is 1300 g/mol. The summed E-state index contributed by atoms with van der Waals surface area (Å²) in [5, 5.41) is 10.0. The minimum Gasteiger partial charge on any atom is -0.394 e. The third kappa shape index (κ3) is 14.3. The van der Waals surface area contributed by atoms with Crippen LogP contribution in [-0.4, -0.2) is 171 Å². The van der Waals surface area contributed by atoms with Gasteiger partial charge in [0.1, 0.15) is 98.3 Å². The van der Waals surface area contributed by atoms with E-state index in [2.05, 4.69) is 44.4 Å². The largest absolute Gasteiger partial charge is 0.472 e. The number of aromatic amines is 2. The van der Waals surface area contributed by atoms with Crippen molar-refractivity contribution < 1.29 is 103 Å². The van der Waals surface area contributed by atoms with Gasteiger partial charge in [-0.15, -0.1) is 0 Å². The van der Waals surface area contributed by atoms with Gasteiger partial charge < -0.3 is 71.4 Å². The molecule has 4 aliphatic heterocycles. The predicted molar refractivity (Wildman–Crippen MR) is 281 cm³/mol. The van der Waals surface area contributed by atoms with Crippen LogP contribution in [-0.2, 0) is 78.2 Å². The molecule has 0 spiro atoms. The number of hydrogen-bond donors (Lipinski definition) is 11. The van der Waals surface area contributed by atoms with Gasteiger partial charge in [-0.25, -0.2) is 37.8 Å². The molecule has 0 aromatic carbocycles. The van der Waals surface area contributed by atoms with Crippen molar-refractivity contribution in [1.82, 2.24) is 58.1 Å². The standard InChI is InChI=1S/C40H52N16O26P4/c41-25-1-3-53(39(61)47-25)27-7-17(21(11-58)75-27)79-84(65,66)72-14-24-20(10-30(78-24)56-16-46-32-34(56)50-38(44)52-36(32)60)82-86(69,70)73-12-22-18(8-28(76-22)54-4-2-26(42)48-40(54)62)81-85(67,68)74-13-23-19(80-83(63,64)71-6-5-57)9-29(77-23)55-15-45-31-33(55)49-37(43)51-35(31)59/h1-5,15-24,27-30,58H,6-14H2,(H,63,64)(H,65,66)(H,67,68)(H,69,70)(H2,41,47,61)(H2,42,48,62)(H3,43,49,51,59)(H3,44,50,52,60)/t17-,18-,19-,20-,21+,22+,23+,24+,27+,28+,29+,30+/m0/s1. The van der Waals surface area contributed by atoms with Gasteiger partial charge in [-0.2, -0.15) is 19.9 Å². The number of carbonyl (C=O) groups is 1. The van der Waals surface area contributed by atoms with Gasteiger partial charge in [0, 0.05) is 38.1 Å². The first-order valence-corrected chi connectivity index (χ1v) is 31.1. The summed E-state index contributed by atoms with van der Waals surface area (Å²) >= 11 is 0. The maximum Gasteiger partial charge on any atom is 0.472 e. The van der Waals surface area contributed by atoms with E-state index in [1.54, 1.807) is 0 Å². The minimum absolute atomic E-state index is 0.0981. The Morgan fingerprint density at radius 1 is 0.535 bits per heavy atom. The average molecular weight is 1300 g/mol. The number of phosphoric acid groups is 4. The lowest BCUT2D eigenvalue weighted by Gasteiger charge is -2.25. The van der Waals surface area contributed by atoms with Crippen molar-refractivity contribution in [3.63, 3.8) is 0 Å². The molecule has 16 atom stereocenters. The van der Waals surface area contributed by atoms with Gasteiger partial charge in [-0.05, 0) is 12.1 Å². The lowest BCUT2D eigenvalue weighted by atomic mass is 10.2. The van der Waals surface area contributed by atoms with Crippen LogP contribution in [0.25, 0.3) is 22.3 Å². The number of nitrogens with two attached hydrogens (primary N) is 4. The zero-order valence-electron chi connectivity index (χ0n) is 43.7. The van der Waals surface area contributed by atoms with Crippen molar-refractivity contribution >= 4 is 83.4 Å². The van der Waals surface area contributed by atoms with Crippen LogP contribution >= 0.6 is 31.3 Å². The second kappa shape index (κ2) is 25.0. The third-order valence-corrected chi connectivity index (χ3v) is 17.4. The number of nitrogens with one attached hydrogen (secondary N) is 2. The number of aliphatic hydroxyl groups excluding tert-OH is 1. The van der Waals surface area contributed by atoms with E-state index in [0.29, 0.717) is 0 Å². The molecule has 46 heteroatoms. The quantitative estimate of drug-likeness (QED) is 0.0208. The number of nitrogens with zero attached hydrogens (tertiary/aromatic N) is 10. The Morgan fingerprint density at radius 2 is 0.872 bits per heavy atom. The van der Waals surface area contributed by atoms with Crippen molar-refractivity contribution in [1.29, 1.82) is 0 Å². The van der Waals surface area contributed by atoms with Crippen molar-refractivity contribution in [3.8, 4) is 0 Å². The summed E-state index contributed by atoms with van der Waals surface area (Å²) in [6.07, 6.45) is -14.3. The number of nitrogen functional groups attached to an aromatic ring is 4. The van der Waals surface area contributed by atoms with Crippen LogP contribution in [0.5, 0.6) is 0 Å². The smallest absolute Gasteiger partial charge is 0.394 e. The molecule has 4 unspecified atom stereocenters. The molecule has 10 rings (SSSR count). The first-order valence-electron chi connectivity index (χ1n) is 25.1.